The number of carbonyl (C=O) groups is 1. The molecule has 0 aromatic heterocycles. The lowest BCUT2D eigenvalue weighted by molar-refractivity contribution is -0.141. The van der Waals surface area contributed by atoms with E-state index < -0.39 is 9.84 Å². The first-order valence-electron chi connectivity index (χ1n) is 10.9. The molecule has 2 aliphatic heterocycles. The molecule has 0 bridgehead atoms. The molecule has 3 atom stereocenters. The van der Waals surface area contributed by atoms with Crippen LogP contribution in [0.5, 0.6) is 0 Å². The Morgan fingerprint density at radius 2 is 1.83 bits per heavy atom. The van der Waals surface area contributed by atoms with Gasteiger partial charge in [0.15, 0.2) is 9.84 Å². The van der Waals surface area contributed by atoms with Gasteiger partial charge in [0.2, 0.25) is 5.91 Å². The van der Waals surface area contributed by atoms with Crippen molar-refractivity contribution in [2.75, 3.05) is 31.1 Å². The second-order valence-electron chi connectivity index (χ2n) is 8.84. The maximum absolute atomic E-state index is 13.4. The van der Waals surface area contributed by atoms with E-state index in [9.17, 15) is 13.2 Å². The van der Waals surface area contributed by atoms with Crippen LogP contribution in [0, 0.1) is 0 Å². The van der Waals surface area contributed by atoms with Gasteiger partial charge in [-0.25, -0.2) is 8.42 Å². The highest BCUT2D eigenvalue weighted by Gasteiger charge is 2.40. The summed E-state index contributed by atoms with van der Waals surface area (Å²) in [7, 11) is -3.02. The van der Waals surface area contributed by atoms with Crippen molar-refractivity contribution in [1.82, 2.24) is 9.80 Å². The zero-order valence-corrected chi connectivity index (χ0v) is 18.0. The first-order valence-corrected chi connectivity index (χ1v) is 12.7. The molecule has 2 heterocycles. The number of ether oxygens (including phenoxy) is 1. The van der Waals surface area contributed by atoms with Gasteiger partial charge in [0.1, 0.15) is 0 Å². The zero-order chi connectivity index (χ0) is 20.4. The molecule has 4 rings (SSSR count). The number of morpholine rings is 1. The molecular weight excluding hydrogens is 388 g/mol. The summed E-state index contributed by atoms with van der Waals surface area (Å²) >= 11 is 0. The molecule has 1 aromatic rings. The number of amides is 1. The van der Waals surface area contributed by atoms with Crippen LogP contribution in [0.2, 0.25) is 0 Å². The van der Waals surface area contributed by atoms with E-state index in [1.165, 1.54) is 0 Å². The van der Waals surface area contributed by atoms with Crippen LogP contribution in [0.3, 0.4) is 0 Å². The first kappa shape index (κ1) is 20.8. The lowest BCUT2D eigenvalue weighted by Crippen LogP contribution is -2.53. The van der Waals surface area contributed by atoms with Crippen molar-refractivity contribution in [3.05, 3.63) is 35.9 Å². The SMILES string of the molecule is CC1CN(CC(=O)N(C2CCCC2)C2CCS(=O)(=O)C2)CC(c2ccccc2)O1. The van der Waals surface area contributed by atoms with Crippen LogP contribution in [-0.4, -0.2) is 73.5 Å². The minimum atomic E-state index is -3.02. The molecule has 1 saturated carbocycles. The van der Waals surface area contributed by atoms with Gasteiger partial charge in [0.05, 0.1) is 30.3 Å². The molecule has 2 saturated heterocycles. The van der Waals surface area contributed by atoms with Crippen molar-refractivity contribution in [3.63, 3.8) is 0 Å². The molecule has 6 nitrogen and oxygen atoms in total. The molecule has 1 amide bonds. The van der Waals surface area contributed by atoms with E-state index in [0.717, 1.165) is 37.8 Å². The normalized spacial score (nSPS) is 30.4. The van der Waals surface area contributed by atoms with Crippen molar-refractivity contribution < 1.29 is 17.9 Å². The summed E-state index contributed by atoms with van der Waals surface area (Å²) in [5, 5.41) is 0. The Bertz CT molecular complexity index is 807. The number of rotatable bonds is 5. The average molecular weight is 421 g/mol. The molecule has 0 N–H and O–H groups in total. The van der Waals surface area contributed by atoms with E-state index in [-0.39, 0.29) is 41.7 Å². The van der Waals surface area contributed by atoms with Gasteiger partial charge in [0, 0.05) is 25.2 Å². The van der Waals surface area contributed by atoms with Gasteiger partial charge >= 0.3 is 0 Å². The van der Waals surface area contributed by atoms with Crippen LogP contribution in [0.15, 0.2) is 30.3 Å². The van der Waals surface area contributed by atoms with Crippen LogP contribution in [0.1, 0.15) is 50.7 Å². The molecule has 160 valence electrons. The van der Waals surface area contributed by atoms with Crippen LogP contribution < -0.4 is 0 Å². The minimum absolute atomic E-state index is 0.0421. The lowest BCUT2D eigenvalue weighted by Gasteiger charge is -2.39. The summed E-state index contributed by atoms with van der Waals surface area (Å²) < 4.78 is 30.2. The highest BCUT2D eigenvalue weighted by molar-refractivity contribution is 7.91. The molecule has 0 spiro atoms. The third-order valence-corrected chi connectivity index (χ3v) is 8.22. The summed E-state index contributed by atoms with van der Waals surface area (Å²) in [6, 6.07) is 10.2. The Labute approximate surface area is 174 Å². The summed E-state index contributed by atoms with van der Waals surface area (Å²) in [5.74, 6) is 0.417. The van der Waals surface area contributed by atoms with E-state index in [0.29, 0.717) is 19.5 Å². The predicted molar refractivity (Wildman–Crippen MR) is 112 cm³/mol. The van der Waals surface area contributed by atoms with Gasteiger partial charge in [0.25, 0.3) is 0 Å². The Balaban J connectivity index is 1.46. The molecule has 1 aliphatic carbocycles. The molecule has 0 radical (unpaired) electrons. The van der Waals surface area contributed by atoms with Crippen molar-refractivity contribution >= 4 is 15.7 Å². The molecule has 3 fully saturated rings. The van der Waals surface area contributed by atoms with Crippen LogP contribution in [-0.2, 0) is 19.4 Å². The maximum atomic E-state index is 13.4. The summed E-state index contributed by atoms with van der Waals surface area (Å²) in [4.78, 5) is 17.5. The largest absolute Gasteiger partial charge is 0.368 e. The van der Waals surface area contributed by atoms with E-state index >= 15 is 0 Å². The smallest absolute Gasteiger partial charge is 0.237 e. The van der Waals surface area contributed by atoms with E-state index in [1.54, 1.807) is 0 Å². The van der Waals surface area contributed by atoms with E-state index in [1.807, 2.05) is 30.0 Å². The highest BCUT2D eigenvalue weighted by atomic mass is 32.2. The number of hydrogen-bond donors (Lipinski definition) is 0. The maximum Gasteiger partial charge on any atom is 0.237 e. The standard InChI is InChI=1S/C22H32N2O4S/c1-17-13-23(14-21(28-17)18-7-3-2-4-8-18)15-22(25)24(19-9-5-6-10-19)20-11-12-29(26,27)16-20/h2-4,7-8,17,19-21H,5-6,9-16H2,1H3. The fourth-order valence-corrected chi connectivity index (χ4v) is 6.89. The Kier molecular flexibility index (Phi) is 6.27. The molecule has 3 aliphatic rings. The quantitative estimate of drug-likeness (QED) is 0.732. The van der Waals surface area contributed by atoms with Crippen molar-refractivity contribution in [1.29, 1.82) is 0 Å². The number of hydrogen-bond acceptors (Lipinski definition) is 5. The number of nitrogens with zero attached hydrogens (tertiary/aromatic N) is 2. The predicted octanol–water partition coefficient (Wildman–Crippen LogP) is 2.41. The third kappa shape index (κ3) is 5.01. The number of sulfone groups is 1. The van der Waals surface area contributed by atoms with E-state index in [2.05, 4.69) is 17.0 Å². The number of benzene rings is 1. The topological polar surface area (TPSA) is 66.9 Å². The van der Waals surface area contributed by atoms with Gasteiger partial charge in [-0.1, -0.05) is 43.2 Å². The number of carbonyl (C=O) groups excluding carboxylic acids is 1. The molecule has 1 aromatic carbocycles. The van der Waals surface area contributed by atoms with Crippen LogP contribution in [0.4, 0.5) is 0 Å². The second kappa shape index (κ2) is 8.74. The Morgan fingerprint density at radius 3 is 2.48 bits per heavy atom. The third-order valence-electron chi connectivity index (χ3n) is 6.47. The van der Waals surface area contributed by atoms with Crippen molar-refractivity contribution in [3.8, 4) is 0 Å². The minimum Gasteiger partial charge on any atom is -0.368 e. The van der Waals surface area contributed by atoms with Crippen LogP contribution >= 0.6 is 0 Å². The van der Waals surface area contributed by atoms with Gasteiger partial charge < -0.3 is 9.64 Å². The molecule has 29 heavy (non-hydrogen) atoms. The monoisotopic (exact) mass is 420 g/mol. The fraction of sp³-hybridized carbons (Fsp3) is 0.682. The lowest BCUT2D eigenvalue weighted by atomic mass is 10.1. The van der Waals surface area contributed by atoms with E-state index in [4.69, 9.17) is 4.74 Å². The Hall–Kier alpha value is -1.44. The molecule has 3 unspecified atom stereocenters. The van der Waals surface area contributed by atoms with Gasteiger partial charge in [-0.2, -0.15) is 0 Å². The van der Waals surface area contributed by atoms with Crippen molar-refractivity contribution in [2.45, 2.75) is 63.3 Å². The second-order valence-corrected chi connectivity index (χ2v) is 11.1. The summed E-state index contributed by atoms with van der Waals surface area (Å²) in [6.45, 7) is 3.78. The van der Waals surface area contributed by atoms with Crippen LogP contribution in [0.25, 0.3) is 0 Å². The first-order chi connectivity index (χ1) is 13.9. The summed E-state index contributed by atoms with van der Waals surface area (Å²) in [6.07, 6.45) is 4.82. The average Bonchev–Trinajstić information content (AvgIpc) is 3.32. The zero-order valence-electron chi connectivity index (χ0n) is 17.2. The van der Waals surface area contributed by atoms with Gasteiger partial charge in [-0.05, 0) is 31.7 Å². The Morgan fingerprint density at radius 1 is 1.10 bits per heavy atom. The molecular formula is C22H32N2O4S. The molecule has 7 heteroatoms. The summed E-state index contributed by atoms with van der Waals surface area (Å²) in [5.41, 5.74) is 1.13. The van der Waals surface area contributed by atoms with Gasteiger partial charge in [-0.3, -0.25) is 9.69 Å². The highest BCUT2D eigenvalue weighted by Crippen LogP contribution is 2.30. The van der Waals surface area contributed by atoms with Crippen molar-refractivity contribution in [2.24, 2.45) is 0 Å². The fourth-order valence-electron chi connectivity index (χ4n) is 5.18. The van der Waals surface area contributed by atoms with Gasteiger partial charge in [-0.15, -0.1) is 0 Å².